The fourth-order valence-electron chi connectivity index (χ4n) is 2.36. The summed E-state index contributed by atoms with van der Waals surface area (Å²) in [4.78, 5) is 13.6. The second-order valence-electron chi connectivity index (χ2n) is 5.40. The zero-order valence-corrected chi connectivity index (χ0v) is 15.2. The highest BCUT2D eigenvalue weighted by atomic mass is 35.5. The van der Waals surface area contributed by atoms with E-state index in [1.807, 2.05) is 0 Å². The highest BCUT2D eigenvalue weighted by Crippen LogP contribution is 2.26. The molecule has 0 bridgehead atoms. The smallest absolute Gasteiger partial charge is 0.285 e. The summed E-state index contributed by atoms with van der Waals surface area (Å²) in [5, 5.41) is 2.79. The van der Waals surface area contributed by atoms with Gasteiger partial charge < -0.3 is 16.0 Å². The summed E-state index contributed by atoms with van der Waals surface area (Å²) >= 11 is 0. The second kappa shape index (κ2) is 9.00. The number of benzene rings is 1. The van der Waals surface area contributed by atoms with Crippen molar-refractivity contribution in [1.82, 2.24) is 10.2 Å². The summed E-state index contributed by atoms with van der Waals surface area (Å²) in [6.07, 6.45) is 1.76. The van der Waals surface area contributed by atoms with Gasteiger partial charge in [-0.2, -0.15) is 8.42 Å². The summed E-state index contributed by atoms with van der Waals surface area (Å²) in [5.74, 6) is 0.414. The van der Waals surface area contributed by atoms with E-state index in [0.29, 0.717) is 43.9 Å². The molecule has 3 N–H and O–H groups in total. The Balaban J connectivity index is 0.00000288. The number of hydrogen-bond acceptors (Lipinski definition) is 5. The number of carbonyl (C=O) groups is 1. The topological polar surface area (TPSA) is 105 Å². The molecule has 0 radical (unpaired) electrons. The van der Waals surface area contributed by atoms with E-state index in [9.17, 15) is 13.2 Å². The molecule has 0 aliphatic carbocycles. The van der Waals surface area contributed by atoms with Gasteiger partial charge in [-0.05, 0) is 31.5 Å². The lowest BCUT2D eigenvalue weighted by Crippen LogP contribution is -2.30. The lowest BCUT2D eigenvalue weighted by atomic mass is 10.2. The molecule has 0 fully saturated rings. The van der Waals surface area contributed by atoms with Crippen molar-refractivity contribution in [3.8, 4) is 0 Å². The Morgan fingerprint density at radius 3 is 2.71 bits per heavy atom. The van der Waals surface area contributed by atoms with E-state index in [1.165, 1.54) is 0 Å². The minimum Gasteiger partial charge on any atom is -0.358 e. The van der Waals surface area contributed by atoms with Gasteiger partial charge in [0.25, 0.3) is 10.0 Å². The number of fused-ring (bicyclic) bond motifs is 1. The predicted molar refractivity (Wildman–Crippen MR) is 96.0 cm³/mol. The minimum atomic E-state index is -3.60. The maximum absolute atomic E-state index is 12.0. The molecule has 7 nitrogen and oxygen atoms in total. The first kappa shape index (κ1) is 20.4. The van der Waals surface area contributed by atoms with Crippen LogP contribution in [0.3, 0.4) is 0 Å². The molecule has 24 heavy (non-hydrogen) atoms. The molecule has 0 saturated carbocycles. The first-order valence-electron chi connectivity index (χ1n) is 7.58. The van der Waals surface area contributed by atoms with Crippen LogP contribution in [-0.4, -0.2) is 51.7 Å². The average Bonchev–Trinajstić information content (AvgIpc) is 2.80. The van der Waals surface area contributed by atoms with Gasteiger partial charge in [-0.25, -0.2) is 0 Å². The van der Waals surface area contributed by atoms with Gasteiger partial charge in [0.15, 0.2) is 0 Å². The van der Waals surface area contributed by atoms with Crippen LogP contribution in [0.4, 0.5) is 0 Å². The molecule has 1 aliphatic rings. The van der Waals surface area contributed by atoms with Crippen molar-refractivity contribution >= 4 is 34.2 Å². The number of halogens is 1. The Morgan fingerprint density at radius 1 is 1.29 bits per heavy atom. The summed E-state index contributed by atoms with van der Waals surface area (Å²) in [7, 11) is -1.82. The van der Waals surface area contributed by atoms with Crippen molar-refractivity contribution in [3.63, 3.8) is 0 Å². The average molecular weight is 375 g/mol. The number of nitrogens with zero attached hydrogens (tertiary/aromatic N) is 2. The molecule has 9 heteroatoms. The van der Waals surface area contributed by atoms with Gasteiger partial charge >= 0.3 is 0 Å². The third-order valence-corrected chi connectivity index (χ3v) is 4.90. The zero-order chi connectivity index (χ0) is 16.9. The summed E-state index contributed by atoms with van der Waals surface area (Å²) in [6, 6.07) is 6.77. The van der Waals surface area contributed by atoms with Gasteiger partial charge in [0.1, 0.15) is 10.7 Å². The van der Waals surface area contributed by atoms with E-state index < -0.39 is 10.0 Å². The molecule has 0 aromatic heterocycles. The van der Waals surface area contributed by atoms with Crippen LogP contribution in [0.25, 0.3) is 0 Å². The van der Waals surface area contributed by atoms with E-state index in [1.54, 1.807) is 36.2 Å². The first-order chi connectivity index (χ1) is 11.0. The number of hydrogen-bond donors (Lipinski definition) is 2. The molecule has 1 aromatic carbocycles. The number of carbonyl (C=O) groups excluding carboxylic acids is 1. The molecule has 0 saturated heterocycles. The van der Waals surface area contributed by atoms with E-state index in [4.69, 9.17) is 5.73 Å². The monoisotopic (exact) mass is 374 g/mol. The third kappa shape index (κ3) is 4.93. The Labute approximate surface area is 148 Å². The van der Waals surface area contributed by atoms with Crippen LogP contribution in [0, 0.1) is 0 Å². The maximum Gasteiger partial charge on any atom is 0.285 e. The molecular formula is C15H23ClN4O3S. The van der Waals surface area contributed by atoms with Gasteiger partial charge in [0.05, 0.1) is 0 Å². The quantitative estimate of drug-likeness (QED) is 0.685. The molecule has 0 unspecified atom stereocenters. The highest BCUT2D eigenvalue weighted by molar-refractivity contribution is 7.90. The van der Waals surface area contributed by atoms with E-state index in [-0.39, 0.29) is 23.2 Å². The minimum absolute atomic E-state index is 0. The molecule has 2 rings (SSSR count). The molecule has 134 valence electrons. The molecule has 1 amide bonds. The molecule has 1 heterocycles. The van der Waals surface area contributed by atoms with Crippen molar-refractivity contribution < 1.29 is 13.2 Å². The van der Waals surface area contributed by atoms with Gasteiger partial charge in [-0.1, -0.05) is 12.1 Å². The van der Waals surface area contributed by atoms with Crippen LogP contribution < -0.4 is 11.1 Å². The number of nitrogens with one attached hydrogen (secondary N) is 1. The Morgan fingerprint density at radius 2 is 2.00 bits per heavy atom. The Kier molecular flexibility index (Phi) is 7.65. The normalized spacial score (nSPS) is 14.3. The van der Waals surface area contributed by atoms with Crippen molar-refractivity contribution in [2.75, 3.05) is 26.7 Å². The van der Waals surface area contributed by atoms with Crippen LogP contribution in [0.15, 0.2) is 33.6 Å². The van der Waals surface area contributed by atoms with Gasteiger partial charge in [-0.3, -0.25) is 4.79 Å². The number of amidine groups is 1. The van der Waals surface area contributed by atoms with Gasteiger partial charge in [0.2, 0.25) is 5.91 Å². The van der Waals surface area contributed by atoms with Crippen LogP contribution in [0.1, 0.15) is 24.8 Å². The van der Waals surface area contributed by atoms with Crippen LogP contribution in [0.2, 0.25) is 0 Å². The molecule has 0 atom stereocenters. The molecule has 1 aliphatic heterocycles. The van der Waals surface area contributed by atoms with E-state index >= 15 is 0 Å². The fraction of sp³-hybridized carbons (Fsp3) is 0.467. The van der Waals surface area contributed by atoms with E-state index in [0.717, 1.165) is 6.42 Å². The third-order valence-electron chi connectivity index (χ3n) is 3.57. The maximum atomic E-state index is 12.0. The first-order valence-corrected chi connectivity index (χ1v) is 9.02. The van der Waals surface area contributed by atoms with Crippen molar-refractivity contribution in [2.24, 2.45) is 10.1 Å². The highest BCUT2D eigenvalue weighted by Gasteiger charge is 2.30. The van der Waals surface area contributed by atoms with Crippen molar-refractivity contribution in [2.45, 2.75) is 24.2 Å². The largest absolute Gasteiger partial charge is 0.358 e. The molecular weight excluding hydrogens is 352 g/mol. The predicted octanol–water partition coefficient (Wildman–Crippen LogP) is 0.734. The Bertz CT molecular complexity index is 706. The molecule has 1 aromatic rings. The fourth-order valence-corrected chi connectivity index (χ4v) is 3.62. The van der Waals surface area contributed by atoms with Crippen LogP contribution >= 0.6 is 12.4 Å². The van der Waals surface area contributed by atoms with Crippen LogP contribution in [0.5, 0.6) is 0 Å². The summed E-state index contributed by atoms with van der Waals surface area (Å²) < 4.78 is 27.9. The summed E-state index contributed by atoms with van der Waals surface area (Å²) in [6.45, 7) is 1.69. The molecule has 0 spiro atoms. The number of amides is 1. The van der Waals surface area contributed by atoms with Crippen molar-refractivity contribution in [3.05, 3.63) is 29.8 Å². The van der Waals surface area contributed by atoms with Crippen molar-refractivity contribution in [1.29, 1.82) is 0 Å². The van der Waals surface area contributed by atoms with Crippen LogP contribution in [-0.2, 0) is 14.8 Å². The lowest BCUT2D eigenvalue weighted by molar-refractivity contribution is -0.121. The zero-order valence-electron chi connectivity index (χ0n) is 13.6. The number of rotatable bonds is 7. The van der Waals surface area contributed by atoms with Gasteiger partial charge in [-0.15, -0.1) is 16.8 Å². The van der Waals surface area contributed by atoms with Gasteiger partial charge in [0, 0.05) is 32.1 Å². The SMILES string of the molecule is CN(CCCC(=O)NCCCN)C1=NS(=O)(=O)c2ccccc21.Cl. The second-order valence-corrected chi connectivity index (χ2v) is 6.98. The lowest BCUT2D eigenvalue weighted by Gasteiger charge is -2.18. The Hall–Kier alpha value is -1.64. The summed E-state index contributed by atoms with van der Waals surface area (Å²) in [5.41, 5.74) is 5.98. The van der Waals surface area contributed by atoms with E-state index in [2.05, 4.69) is 9.71 Å². The standard InChI is InChI=1S/C15H22N4O3S.ClH/c1-19(11-4-8-14(20)17-10-5-9-16)15-12-6-2-3-7-13(12)23(21,22)18-15;/h2-3,6-7H,4-5,8-11,16H2,1H3,(H,17,20);1H. The number of sulfonamides is 1. The number of nitrogens with two attached hydrogens (primary N) is 1.